The third-order valence-electron chi connectivity index (χ3n) is 6.99. The zero-order valence-corrected chi connectivity index (χ0v) is 19.6. The molecule has 0 aromatic heterocycles. The van der Waals surface area contributed by atoms with Gasteiger partial charge in [-0.25, -0.2) is 22.5 Å². The molecule has 1 N–H and O–H groups in total. The maximum Gasteiger partial charge on any atom is 0.326 e. The van der Waals surface area contributed by atoms with Crippen molar-refractivity contribution in [3.05, 3.63) is 65.5 Å². The number of urea groups is 1. The standard InChI is InChI=1S/C24H27FN4O4S/c25-19-8-10-20(11-9-19)34(32,33)28-14-4-13-27(15-16-28)17-29-22(30)24(26-23(29)31)12-3-6-18-5-1-2-7-21(18)24/h1-2,5,7-11H,3-4,6,12-17H2,(H,26,31)/t24-/m1/s1. The normalized spacial score (nSPS) is 24.2. The lowest BCUT2D eigenvalue weighted by atomic mass is 9.76. The second kappa shape index (κ2) is 8.75. The molecule has 2 saturated heterocycles. The molecule has 2 heterocycles. The number of carbonyl (C=O) groups is 2. The first-order valence-corrected chi connectivity index (χ1v) is 13.0. The van der Waals surface area contributed by atoms with E-state index in [1.807, 2.05) is 29.2 Å². The van der Waals surface area contributed by atoms with Crippen LogP contribution in [-0.2, 0) is 26.8 Å². The fourth-order valence-electron chi connectivity index (χ4n) is 5.22. The molecule has 0 unspecified atom stereocenters. The summed E-state index contributed by atoms with van der Waals surface area (Å²) in [6, 6.07) is 12.1. The zero-order valence-electron chi connectivity index (χ0n) is 18.7. The van der Waals surface area contributed by atoms with Gasteiger partial charge in [-0.2, -0.15) is 4.31 Å². The van der Waals surface area contributed by atoms with Crippen LogP contribution in [0.4, 0.5) is 9.18 Å². The van der Waals surface area contributed by atoms with Crippen molar-refractivity contribution >= 4 is 22.0 Å². The number of rotatable bonds is 4. The van der Waals surface area contributed by atoms with Crippen molar-refractivity contribution in [1.29, 1.82) is 0 Å². The summed E-state index contributed by atoms with van der Waals surface area (Å²) in [5, 5.41) is 2.96. The summed E-state index contributed by atoms with van der Waals surface area (Å²) >= 11 is 0. The average Bonchev–Trinajstić information content (AvgIpc) is 2.99. The van der Waals surface area contributed by atoms with Crippen molar-refractivity contribution in [2.24, 2.45) is 0 Å². The Kier molecular flexibility index (Phi) is 5.91. The van der Waals surface area contributed by atoms with Gasteiger partial charge in [0.15, 0.2) is 0 Å². The lowest BCUT2D eigenvalue weighted by Gasteiger charge is -2.33. The molecule has 2 aromatic carbocycles. The van der Waals surface area contributed by atoms with Crippen molar-refractivity contribution in [2.45, 2.75) is 36.1 Å². The molecule has 1 atom stereocenters. The Balaban J connectivity index is 1.29. The van der Waals surface area contributed by atoms with E-state index in [1.54, 1.807) is 0 Å². The van der Waals surface area contributed by atoms with E-state index in [9.17, 15) is 22.4 Å². The topological polar surface area (TPSA) is 90.0 Å². The minimum Gasteiger partial charge on any atom is -0.319 e. The van der Waals surface area contributed by atoms with Crippen molar-refractivity contribution < 1.29 is 22.4 Å². The Morgan fingerprint density at radius 1 is 0.941 bits per heavy atom. The molecule has 0 bridgehead atoms. The summed E-state index contributed by atoms with van der Waals surface area (Å²) in [7, 11) is -3.75. The molecule has 2 aliphatic heterocycles. The Morgan fingerprint density at radius 3 is 2.50 bits per heavy atom. The molecule has 0 radical (unpaired) electrons. The first-order chi connectivity index (χ1) is 16.3. The van der Waals surface area contributed by atoms with Crippen LogP contribution in [0, 0.1) is 5.82 Å². The zero-order chi connectivity index (χ0) is 23.9. The number of fused-ring (bicyclic) bond motifs is 2. The second-order valence-electron chi connectivity index (χ2n) is 9.05. The molecule has 180 valence electrons. The van der Waals surface area contributed by atoms with Gasteiger partial charge >= 0.3 is 6.03 Å². The summed E-state index contributed by atoms with van der Waals surface area (Å²) in [4.78, 5) is 29.7. The van der Waals surface area contributed by atoms with E-state index in [1.165, 1.54) is 21.3 Å². The Morgan fingerprint density at radius 2 is 1.71 bits per heavy atom. The number of halogens is 1. The smallest absolute Gasteiger partial charge is 0.319 e. The highest BCUT2D eigenvalue weighted by Crippen LogP contribution is 2.40. The van der Waals surface area contributed by atoms with Gasteiger partial charge in [0, 0.05) is 26.2 Å². The summed E-state index contributed by atoms with van der Waals surface area (Å²) in [5.41, 5.74) is 0.936. The third-order valence-corrected chi connectivity index (χ3v) is 8.90. The van der Waals surface area contributed by atoms with E-state index in [0.29, 0.717) is 32.5 Å². The largest absolute Gasteiger partial charge is 0.326 e. The summed E-state index contributed by atoms with van der Waals surface area (Å²) < 4.78 is 40.6. The summed E-state index contributed by atoms with van der Waals surface area (Å²) in [5.74, 6) is -0.738. The lowest BCUT2D eigenvalue weighted by molar-refractivity contribution is -0.133. The maximum atomic E-state index is 13.5. The highest BCUT2D eigenvalue weighted by molar-refractivity contribution is 7.89. The van der Waals surface area contributed by atoms with E-state index in [-0.39, 0.29) is 24.0 Å². The van der Waals surface area contributed by atoms with Crippen LogP contribution in [0.25, 0.3) is 0 Å². The van der Waals surface area contributed by atoms with Gasteiger partial charge in [-0.05, 0) is 61.1 Å². The fraction of sp³-hybridized carbons (Fsp3) is 0.417. The number of amides is 3. The van der Waals surface area contributed by atoms with Crippen molar-refractivity contribution in [3.63, 3.8) is 0 Å². The van der Waals surface area contributed by atoms with E-state index in [4.69, 9.17) is 0 Å². The summed E-state index contributed by atoms with van der Waals surface area (Å²) in [6.45, 7) is 1.57. The van der Waals surface area contributed by atoms with Crippen LogP contribution in [-0.4, -0.2) is 67.3 Å². The van der Waals surface area contributed by atoms with Crippen LogP contribution in [0.15, 0.2) is 53.4 Å². The van der Waals surface area contributed by atoms with Gasteiger partial charge in [0.2, 0.25) is 10.0 Å². The first-order valence-electron chi connectivity index (χ1n) is 11.5. The van der Waals surface area contributed by atoms with Crippen molar-refractivity contribution in [1.82, 2.24) is 19.4 Å². The number of imide groups is 1. The van der Waals surface area contributed by atoms with Gasteiger partial charge in [-0.3, -0.25) is 9.69 Å². The molecule has 5 rings (SSSR count). The number of hydrogen-bond acceptors (Lipinski definition) is 5. The van der Waals surface area contributed by atoms with Crippen molar-refractivity contribution in [2.75, 3.05) is 32.8 Å². The number of nitrogens with zero attached hydrogens (tertiary/aromatic N) is 3. The van der Waals surface area contributed by atoms with Crippen LogP contribution in [0.1, 0.15) is 30.4 Å². The Bertz CT molecular complexity index is 1220. The number of hydrogen-bond donors (Lipinski definition) is 1. The molecule has 2 aromatic rings. The minimum absolute atomic E-state index is 0.0503. The average molecular weight is 487 g/mol. The van der Waals surface area contributed by atoms with Gasteiger partial charge in [-0.15, -0.1) is 0 Å². The molecule has 10 heteroatoms. The summed E-state index contributed by atoms with van der Waals surface area (Å²) in [6.07, 6.45) is 2.81. The molecular weight excluding hydrogens is 459 g/mol. The predicted octanol–water partition coefficient (Wildman–Crippen LogP) is 2.26. The van der Waals surface area contributed by atoms with Crippen LogP contribution >= 0.6 is 0 Å². The number of sulfonamides is 1. The first kappa shape index (κ1) is 22.9. The second-order valence-corrected chi connectivity index (χ2v) is 11.0. The number of nitrogens with one attached hydrogen (secondary N) is 1. The van der Waals surface area contributed by atoms with Gasteiger partial charge in [0.25, 0.3) is 5.91 Å². The molecule has 1 aliphatic carbocycles. The van der Waals surface area contributed by atoms with Gasteiger partial charge in [0.1, 0.15) is 11.4 Å². The molecular formula is C24H27FN4O4S. The number of carbonyl (C=O) groups excluding carboxylic acids is 2. The Hall–Kier alpha value is -2.82. The van der Waals surface area contributed by atoms with Crippen LogP contribution in [0.2, 0.25) is 0 Å². The van der Waals surface area contributed by atoms with E-state index in [2.05, 4.69) is 5.32 Å². The maximum absolute atomic E-state index is 13.5. The van der Waals surface area contributed by atoms with Crippen molar-refractivity contribution in [3.8, 4) is 0 Å². The van der Waals surface area contributed by atoms with Crippen LogP contribution in [0.3, 0.4) is 0 Å². The quantitative estimate of drug-likeness (QED) is 0.670. The number of benzene rings is 2. The molecule has 3 aliphatic rings. The third kappa shape index (κ3) is 3.89. The minimum atomic E-state index is -3.75. The van der Waals surface area contributed by atoms with Gasteiger partial charge < -0.3 is 5.32 Å². The van der Waals surface area contributed by atoms with Gasteiger partial charge in [0.05, 0.1) is 11.6 Å². The fourth-order valence-corrected chi connectivity index (χ4v) is 6.69. The molecule has 2 fully saturated rings. The van der Waals surface area contributed by atoms with E-state index >= 15 is 0 Å². The highest BCUT2D eigenvalue weighted by Gasteiger charge is 2.54. The monoisotopic (exact) mass is 486 g/mol. The van der Waals surface area contributed by atoms with Crippen LogP contribution < -0.4 is 5.32 Å². The van der Waals surface area contributed by atoms with Crippen LogP contribution in [0.5, 0.6) is 0 Å². The molecule has 8 nitrogen and oxygen atoms in total. The number of aryl methyl sites for hydroxylation is 1. The highest BCUT2D eigenvalue weighted by atomic mass is 32.2. The molecule has 0 saturated carbocycles. The molecule has 34 heavy (non-hydrogen) atoms. The molecule has 1 spiro atoms. The van der Waals surface area contributed by atoms with Gasteiger partial charge in [-0.1, -0.05) is 24.3 Å². The SMILES string of the molecule is O=C1N[C@@]2(CCCc3ccccc32)C(=O)N1CN1CCCN(S(=O)(=O)c2ccc(F)cc2)CC1. The predicted molar refractivity (Wildman–Crippen MR) is 123 cm³/mol. The van der Waals surface area contributed by atoms with E-state index in [0.717, 1.165) is 36.1 Å². The molecule has 3 amide bonds. The Labute approximate surface area is 198 Å². The lowest BCUT2D eigenvalue weighted by Crippen LogP contribution is -2.47. The van der Waals surface area contributed by atoms with E-state index < -0.39 is 27.4 Å².